The molecule has 0 amide bonds. The van der Waals surface area contributed by atoms with Gasteiger partial charge in [-0.2, -0.15) is 0 Å². The van der Waals surface area contributed by atoms with E-state index in [-0.39, 0.29) is 0 Å². The SMILES string of the molecule is COc1ccc(C(O)Cc2ccnc(N)c2)cc1C. The summed E-state index contributed by atoms with van der Waals surface area (Å²) >= 11 is 0. The second-order valence-corrected chi connectivity index (χ2v) is 4.54. The minimum Gasteiger partial charge on any atom is -0.496 e. The average Bonchev–Trinajstić information content (AvgIpc) is 2.38. The fourth-order valence-electron chi connectivity index (χ4n) is 2.07. The van der Waals surface area contributed by atoms with Crippen molar-refractivity contribution in [2.24, 2.45) is 0 Å². The van der Waals surface area contributed by atoms with Gasteiger partial charge in [0.25, 0.3) is 0 Å². The van der Waals surface area contributed by atoms with Crippen LogP contribution in [0.4, 0.5) is 5.82 Å². The summed E-state index contributed by atoms with van der Waals surface area (Å²) in [5.74, 6) is 1.29. The van der Waals surface area contributed by atoms with Crippen LogP contribution in [0.25, 0.3) is 0 Å². The molecule has 2 rings (SSSR count). The fraction of sp³-hybridized carbons (Fsp3) is 0.267. The number of ether oxygens (including phenoxy) is 1. The zero-order valence-corrected chi connectivity index (χ0v) is 11.1. The fourth-order valence-corrected chi connectivity index (χ4v) is 2.07. The first-order valence-corrected chi connectivity index (χ1v) is 6.13. The molecule has 1 aromatic heterocycles. The maximum atomic E-state index is 10.3. The second-order valence-electron chi connectivity index (χ2n) is 4.54. The van der Waals surface area contributed by atoms with E-state index < -0.39 is 6.10 Å². The molecule has 0 aliphatic rings. The van der Waals surface area contributed by atoms with E-state index in [0.717, 1.165) is 22.4 Å². The number of benzene rings is 1. The number of methoxy groups -OCH3 is 1. The zero-order chi connectivity index (χ0) is 13.8. The molecule has 1 heterocycles. The monoisotopic (exact) mass is 258 g/mol. The van der Waals surface area contributed by atoms with E-state index in [1.54, 1.807) is 19.4 Å². The van der Waals surface area contributed by atoms with Crippen LogP contribution in [0.15, 0.2) is 36.5 Å². The predicted octanol–water partition coefficient (Wildman–Crippen LogP) is 2.26. The number of hydrogen-bond donors (Lipinski definition) is 2. The van der Waals surface area contributed by atoms with Crippen molar-refractivity contribution in [3.63, 3.8) is 0 Å². The van der Waals surface area contributed by atoms with E-state index in [9.17, 15) is 5.11 Å². The molecular weight excluding hydrogens is 240 g/mol. The van der Waals surface area contributed by atoms with Crippen molar-refractivity contribution in [2.75, 3.05) is 12.8 Å². The Morgan fingerprint density at radius 3 is 2.74 bits per heavy atom. The molecule has 1 aromatic carbocycles. The first-order chi connectivity index (χ1) is 9.10. The number of aliphatic hydroxyl groups excluding tert-OH is 1. The summed E-state index contributed by atoms with van der Waals surface area (Å²) in [5.41, 5.74) is 8.47. The van der Waals surface area contributed by atoms with Gasteiger partial charge in [0.2, 0.25) is 0 Å². The maximum absolute atomic E-state index is 10.3. The normalized spacial score (nSPS) is 12.2. The van der Waals surface area contributed by atoms with Gasteiger partial charge in [-0.3, -0.25) is 0 Å². The molecule has 0 aliphatic heterocycles. The molecule has 0 fully saturated rings. The molecule has 0 bridgehead atoms. The third kappa shape index (κ3) is 3.23. The topological polar surface area (TPSA) is 68.4 Å². The molecular formula is C15H18N2O2. The lowest BCUT2D eigenvalue weighted by atomic mass is 10.00. The molecule has 3 N–H and O–H groups in total. The van der Waals surface area contributed by atoms with Crippen LogP contribution in [0.3, 0.4) is 0 Å². The third-order valence-corrected chi connectivity index (χ3v) is 3.08. The zero-order valence-electron chi connectivity index (χ0n) is 11.1. The Kier molecular flexibility index (Phi) is 4.02. The van der Waals surface area contributed by atoms with Gasteiger partial charge in [0, 0.05) is 12.6 Å². The first-order valence-electron chi connectivity index (χ1n) is 6.13. The Morgan fingerprint density at radius 1 is 1.32 bits per heavy atom. The van der Waals surface area contributed by atoms with E-state index in [0.29, 0.717) is 12.2 Å². The minimum atomic E-state index is -0.564. The first kappa shape index (κ1) is 13.4. The summed E-state index contributed by atoms with van der Waals surface area (Å²) in [5, 5.41) is 10.3. The van der Waals surface area contributed by atoms with Gasteiger partial charge in [-0.25, -0.2) is 4.98 Å². The van der Waals surface area contributed by atoms with Crippen molar-refractivity contribution in [1.29, 1.82) is 0 Å². The van der Waals surface area contributed by atoms with E-state index in [2.05, 4.69) is 4.98 Å². The molecule has 4 nitrogen and oxygen atoms in total. The van der Waals surface area contributed by atoms with Gasteiger partial charge in [0.15, 0.2) is 0 Å². The van der Waals surface area contributed by atoms with Gasteiger partial charge < -0.3 is 15.6 Å². The highest BCUT2D eigenvalue weighted by molar-refractivity contribution is 5.38. The van der Waals surface area contributed by atoms with Crippen LogP contribution < -0.4 is 10.5 Å². The van der Waals surface area contributed by atoms with Crippen LogP contribution in [0.1, 0.15) is 22.8 Å². The lowest BCUT2D eigenvalue weighted by Crippen LogP contribution is -2.03. The highest BCUT2D eigenvalue weighted by Crippen LogP contribution is 2.24. The Morgan fingerprint density at radius 2 is 2.11 bits per heavy atom. The number of nitrogens with two attached hydrogens (primary N) is 1. The molecule has 0 radical (unpaired) electrons. The summed E-state index contributed by atoms with van der Waals surface area (Å²) in [6, 6.07) is 9.32. The molecule has 19 heavy (non-hydrogen) atoms. The van der Waals surface area contributed by atoms with Crippen molar-refractivity contribution >= 4 is 5.82 Å². The molecule has 2 aromatic rings. The quantitative estimate of drug-likeness (QED) is 0.882. The van der Waals surface area contributed by atoms with Crippen LogP contribution in [-0.2, 0) is 6.42 Å². The van der Waals surface area contributed by atoms with Gasteiger partial charge in [0.05, 0.1) is 13.2 Å². The van der Waals surface area contributed by atoms with Gasteiger partial charge in [0.1, 0.15) is 11.6 Å². The van der Waals surface area contributed by atoms with E-state index in [1.807, 2.05) is 31.2 Å². The van der Waals surface area contributed by atoms with Crippen LogP contribution in [0.5, 0.6) is 5.75 Å². The number of pyridine rings is 1. The maximum Gasteiger partial charge on any atom is 0.123 e. The highest BCUT2D eigenvalue weighted by Gasteiger charge is 2.10. The molecule has 0 spiro atoms. The second kappa shape index (κ2) is 5.71. The molecule has 4 heteroatoms. The van der Waals surface area contributed by atoms with Crippen LogP contribution >= 0.6 is 0 Å². The van der Waals surface area contributed by atoms with Crippen LogP contribution in [0, 0.1) is 6.92 Å². The summed E-state index contributed by atoms with van der Waals surface area (Å²) < 4.78 is 5.21. The number of aromatic nitrogens is 1. The largest absolute Gasteiger partial charge is 0.496 e. The summed E-state index contributed by atoms with van der Waals surface area (Å²) in [6.45, 7) is 1.96. The van der Waals surface area contributed by atoms with Gasteiger partial charge >= 0.3 is 0 Å². The standard InChI is InChI=1S/C15H18N2O2/c1-10-7-12(3-4-14(10)19-2)13(18)8-11-5-6-17-15(16)9-11/h3-7,9,13,18H,8H2,1-2H3,(H2,16,17). The third-order valence-electron chi connectivity index (χ3n) is 3.08. The molecule has 0 saturated heterocycles. The van der Waals surface area contributed by atoms with E-state index >= 15 is 0 Å². The highest BCUT2D eigenvalue weighted by atomic mass is 16.5. The number of aliphatic hydroxyl groups is 1. The Labute approximate surface area is 112 Å². The average molecular weight is 258 g/mol. The van der Waals surface area contributed by atoms with Crippen molar-refractivity contribution in [3.05, 3.63) is 53.2 Å². The molecule has 0 saturated carbocycles. The number of nitrogen functional groups attached to an aromatic ring is 1. The lowest BCUT2D eigenvalue weighted by Gasteiger charge is -2.13. The van der Waals surface area contributed by atoms with Gasteiger partial charge in [-0.1, -0.05) is 6.07 Å². The molecule has 1 unspecified atom stereocenters. The summed E-state index contributed by atoms with van der Waals surface area (Å²) in [7, 11) is 1.64. The minimum absolute atomic E-state index is 0.468. The summed E-state index contributed by atoms with van der Waals surface area (Å²) in [4.78, 5) is 3.94. The number of hydrogen-bond acceptors (Lipinski definition) is 4. The predicted molar refractivity (Wildman–Crippen MR) is 75.0 cm³/mol. The van der Waals surface area contributed by atoms with Crippen molar-refractivity contribution in [2.45, 2.75) is 19.4 Å². The molecule has 0 aliphatic carbocycles. The van der Waals surface area contributed by atoms with E-state index in [4.69, 9.17) is 10.5 Å². The Balaban J connectivity index is 2.15. The lowest BCUT2D eigenvalue weighted by molar-refractivity contribution is 0.178. The summed E-state index contributed by atoms with van der Waals surface area (Å²) in [6.07, 6.45) is 1.60. The number of anilines is 1. The number of rotatable bonds is 4. The van der Waals surface area contributed by atoms with Crippen LogP contribution in [-0.4, -0.2) is 17.2 Å². The van der Waals surface area contributed by atoms with Crippen LogP contribution in [0.2, 0.25) is 0 Å². The Hall–Kier alpha value is -2.07. The van der Waals surface area contributed by atoms with Gasteiger partial charge in [-0.15, -0.1) is 0 Å². The van der Waals surface area contributed by atoms with E-state index in [1.165, 1.54) is 0 Å². The molecule has 100 valence electrons. The number of aryl methyl sites for hydroxylation is 1. The molecule has 1 atom stereocenters. The van der Waals surface area contributed by atoms with Crippen molar-refractivity contribution < 1.29 is 9.84 Å². The number of nitrogens with zero attached hydrogens (tertiary/aromatic N) is 1. The van der Waals surface area contributed by atoms with Crippen molar-refractivity contribution in [3.8, 4) is 5.75 Å². The Bertz CT molecular complexity index is 570. The van der Waals surface area contributed by atoms with Crippen molar-refractivity contribution in [1.82, 2.24) is 4.98 Å². The van der Waals surface area contributed by atoms with Gasteiger partial charge in [-0.05, 0) is 47.9 Å². The smallest absolute Gasteiger partial charge is 0.123 e.